The number of benzene rings is 1. The van der Waals surface area contributed by atoms with Gasteiger partial charge >= 0.3 is 5.97 Å². The summed E-state index contributed by atoms with van der Waals surface area (Å²) in [5.41, 5.74) is 6.27. The number of esters is 1. The van der Waals surface area contributed by atoms with E-state index < -0.39 is 11.9 Å². The lowest BCUT2D eigenvalue weighted by Gasteiger charge is -2.16. The lowest BCUT2D eigenvalue weighted by atomic mass is 10.1. The van der Waals surface area contributed by atoms with Crippen LogP contribution in [-0.2, 0) is 9.53 Å². The number of nitrogens with one attached hydrogen (secondary N) is 1. The maximum atomic E-state index is 11.6. The van der Waals surface area contributed by atoms with Gasteiger partial charge in [-0.1, -0.05) is 13.0 Å². The summed E-state index contributed by atoms with van der Waals surface area (Å²) in [5.74, 6) is -0.799. The number of primary amides is 1. The molecule has 0 radical (unpaired) electrons. The molecule has 1 unspecified atom stereocenters. The van der Waals surface area contributed by atoms with Crippen molar-refractivity contribution in [3.8, 4) is 0 Å². The van der Waals surface area contributed by atoms with Gasteiger partial charge in [0.15, 0.2) is 0 Å². The molecule has 0 aliphatic heterocycles. The summed E-state index contributed by atoms with van der Waals surface area (Å²) >= 11 is 0. The van der Waals surface area contributed by atoms with E-state index in [4.69, 9.17) is 10.5 Å². The molecule has 0 aromatic heterocycles. The Balaban J connectivity index is 2.78. The van der Waals surface area contributed by atoms with Gasteiger partial charge in [0.2, 0.25) is 5.91 Å². The summed E-state index contributed by atoms with van der Waals surface area (Å²) < 4.78 is 4.95. The zero-order valence-electron chi connectivity index (χ0n) is 10.6. The van der Waals surface area contributed by atoms with E-state index in [0.717, 1.165) is 0 Å². The van der Waals surface area contributed by atoms with Gasteiger partial charge in [0, 0.05) is 11.3 Å². The molecule has 0 saturated heterocycles. The van der Waals surface area contributed by atoms with Crippen molar-refractivity contribution in [1.29, 1.82) is 0 Å². The Labute approximate surface area is 106 Å². The van der Waals surface area contributed by atoms with Crippen molar-refractivity contribution >= 4 is 17.6 Å². The van der Waals surface area contributed by atoms with E-state index in [9.17, 15) is 9.59 Å². The van der Waals surface area contributed by atoms with Gasteiger partial charge in [-0.3, -0.25) is 4.79 Å². The molecule has 1 amide bonds. The average Bonchev–Trinajstić information content (AvgIpc) is 2.36. The van der Waals surface area contributed by atoms with Crippen LogP contribution < -0.4 is 11.1 Å². The highest BCUT2D eigenvalue weighted by molar-refractivity contribution is 5.93. The molecule has 0 aliphatic rings. The second kappa shape index (κ2) is 6.64. The summed E-state index contributed by atoms with van der Waals surface area (Å²) in [5, 5.41) is 3.03. The first-order chi connectivity index (χ1) is 8.58. The fraction of sp³-hybridized carbons (Fsp3) is 0.385. The van der Waals surface area contributed by atoms with Gasteiger partial charge in [-0.15, -0.1) is 0 Å². The Kier molecular flexibility index (Phi) is 5.17. The van der Waals surface area contributed by atoms with Gasteiger partial charge in [-0.25, -0.2) is 4.79 Å². The Hall–Kier alpha value is -2.04. The molecule has 18 heavy (non-hydrogen) atoms. The van der Waals surface area contributed by atoms with Crippen LogP contribution in [0.2, 0.25) is 0 Å². The quantitative estimate of drug-likeness (QED) is 0.750. The molecule has 0 saturated carbocycles. The molecule has 0 aliphatic carbocycles. The highest BCUT2D eigenvalue weighted by atomic mass is 16.5. The van der Waals surface area contributed by atoms with Crippen LogP contribution in [0.3, 0.4) is 0 Å². The average molecular weight is 250 g/mol. The number of carbonyl (C=O) groups excluding carboxylic acids is 2. The maximum Gasteiger partial charge on any atom is 0.328 e. The number of anilines is 1. The normalized spacial score (nSPS) is 11.7. The van der Waals surface area contributed by atoms with Crippen molar-refractivity contribution in [2.24, 2.45) is 5.73 Å². The number of hydrogen-bond donors (Lipinski definition) is 2. The van der Waals surface area contributed by atoms with Crippen LogP contribution in [0.4, 0.5) is 5.69 Å². The lowest BCUT2D eigenvalue weighted by molar-refractivity contribution is -0.144. The second-order valence-electron chi connectivity index (χ2n) is 3.80. The minimum absolute atomic E-state index is 0.301. The Morgan fingerprint density at radius 1 is 1.39 bits per heavy atom. The summed E-state index contributed by atoms with van der Waals surface area (Å²) in [6, 6.07) is 6.30. The van der Waals surface area contributed by atoms with E-state index in [1.54, 1.807) is 31.2 Å². The highest BCUT2D eigenvalue weighted by Gasteiger charge is 2.17. The molecule has 5 heteroatoms. The van der Waals surface area contributed by atoms with Crippen molar-refractivity contribution in [2.75, 3.05) is 11.9 Å². The first-order valence-corrected chi connectivity index (χ1v) is 5.91. The lowest BCUT2D eigenvalue weighted by Crippen LogP contribution is -2.30. The number of hydrogen-bond acceptors (Lipinski definition) is 4. The Morgan fingerprint density at radius 2 is 2.11 bits per heavy atom. The van der Waals surface area contributed by atoms with E-state index >= 15 is 0 Å². The van der Waals surface area contributed by atoms with Gasteiger partial charge < -0.3 is 15.8 Å². The Morgan fingerprint density at radius 3 is 2.67 bits per heavy atom. The van der Waals surface area contributed by atoms with E-state index in [1.807, 2.05) is 6.92 Å². The molecule has 1 aromatic rings. The maximum absolute atomic E-state index is 11.6. The summed E-state index contributed by atoms with van der Waals surface area (Å²) in [7, 11) is 0. The number of rotatable bonds is 6. The molecule has 0 spiro atoms. The number of nitrogens with two attached hydrogens (primary N) is 1. The molecular formula is C13H18N2O3. The van der Waals surface area contributed by atoms with Crippen molar-refractivity contribution < 1.29 is 14.3 Å². The minimum Gasteiger partial charge on any atom is -0.464 e. The molecule has 1 rings (SSSR count). The molecule has 0 heterocycles. The van der Waals surface area contributed by atoms with Crippen LogP contribution in [0, 0.1) is 0 Å². The molecule has 1 atom stereocenters. The van der Waals surface area contributed by atoms with Crippen molar-refractivity contribution in [3.63, 3.8) is 0 Å². The van der Waals surface area contributed by atoms with E-state index in [0.29, 0.717) is 24.3 Å². The standard InChI is InChI=1S/C13H18N2O3/c1-3-11(13(17)18-4-2)15-10-7-5-6-9(8-10)12(14)16/h5-8,11,15H,3-4H2,1-2H3,(H2,14,16). The van der Waals surface area contributed by atoms with Gasteiger partial charge in [-0.05, 0) is 31.5 Å². The fourth-order valence-corrected chi connectivity index (χ4v) is 1.53. The van der Waals surface area contributed by atoms with Gasteiger partial charge in [0.05, 0.1) is 6.61 Å². The van der Waals surface area contributed by atoms with Gasteiger partial charge in [0.1, 0.15) is 6.04 Å². The van der Waals surface area contributed by atoms with Crippen LogP contribution in [-0.4, -0.2) is 24.5 Å². The van der Waals surface area contributed by atoms with Gasteiger partial charge in [-0.2, -0.15) is 0 Å². The third kappa shape index (κ3) is 3.76. The SMILES string of the molecule is CCOC(=O)C(CC)Nc1cccc(C(N)=O)c1. The van der Waals surface area contributed by atoms with Crippen molar-refractivity contribution in [1.82, 2.24) is 0 Å². The largest absolute Gasteiger partial charge is 0.464 e. The molecular weight excluding hydrogens is 232 g/mol. The third-order valence-electron chi connectivity index (χ3n) is 2.47. The van der Waals surface area contributed by atoms with Crippen LogP contribution >= 0.6 is 0 Å². The molecule has 1 aromatic carbocycles. The summed E-state index contributed by atoms with van der Waals surface area (Å²) in [6.45, 7) is 3.99. The number of amides is 1. The van der Waals surface area contributed by atoms with Crippen LogP contribution in [0.1, 0.15) is 30.6 Å². The summed E-state index contributed by atoms with van der Waals surface area (Å²) in [6.07, 6.45) is 0.597. The topological polar surface area (TPSA) is 81.4 Å². The molecule has 98 valence electrons. The monoisotopic (exact) mass is 250 g/mol. The van der Waals surface area contributed by atoms with Crippen LogP contribution in [0.15, 0.2) is 24.3 Å². The summed E-state index contributed by atoms with van der Waals surface area (Å²) in [4.78, 5) is 22.7. The number of ether oxygens (including phenoxy) is 1. The third-order valence-corrected chi connectivity index (χ3v) is 2.47. The van der Waals surface area contributed by atoms with Crippen LogP contribution in [0.25, 0.3) is 0 Å². The minimum atomic E-state index is -0.497. The predicted octanol–water partition coefficient (Wildman–Crippen LogP) is 1.54. The first kappa shape index (κ1) is 14.0. The van der Waals surface area contributed by atoms with Crippen molar-refractivity contribution in [2.45, 2.75) is 26.3 Å². The number of carbonyl (C=O) groups is 2. The highest BCUT2D eigenvalue weighted by Crippen LogP contribution is 2.13. The van der Waals surface area contributed by atoms with Crippen molar-refractivity contribution in [3.05, 3.63) is 29.8 Å². The fourth-order valence-electron chi connectivity index (χ4n) is 1.53. The van der Waals surface area contributed by atoms with E-state index in [1.165, 1.54) is 0 Å². The molecule has 0 fully saturated rings. The molecule has 5 nitrogen and oxygen atoms in total. The smallest absolute Gasteiger partial charge is 0.328 e. The van der Waals surface area contributed by atoms with Gasteiger partial charge in [0.25, 0.3) is 0 Å². The molecule has 3 N–H and O–H groups in total. The zero-order chi connectivity index (χ0) is 13.5. The van der Waals surface area contributed by atoms with E-state index in [-0.39, 0.29) is 5.97 Å². The second-order valence-corrected chi connectivity index (χ2v) is 3.80. The van der Waals surface area contributed by atoms with Crippen LogP contribution in [0.5, 0.6) is 0 Å². The molecule has 0 bridgehead atoms. The zero-order valence-corrected chi connectivity index (χ0v) is 10.6. The predicted molar refractivity (Wildman–Crippen MR) is 69.3 cm³/mol. The van der Waals surface area contributed by atoms with E-state index in [2.05, 4.69) is 5.32 Å². The first-order valence-electron chi connectivity index (χ1n) is 5.91. The Bertz CT molecular complexity index is 432.